The second-order valence-corrected chi connectivity index (χ2v) is 6.13. The van der Waals surface area contributed by atoms with Crippen LogP contribution in [-0.2, 0) is 6.54 Å². The molecule has 0 aliphatic carbocycles. The third-order valence-electron chi connectivity index (χ3n) is 4.46. The van der Waals surface area contributed by atoms with Gasteiger partial charge in [-0.2, -0.15) is 5.10 Å². The van der Waals surface area contributed by atoms with Crippen molar-refractivity contribution in [3.63, 3.8) is 0 Å². The zero-order valence-corrected chi connectivity index (χ0v) is 14.2. The Labute approximate surface area is 142 Å². The summed E-state index contributed by atoms with van der Waals surface area (Å²) in [6, 6.07) is 8.15. The Kier molecular flexibility index (Phi) is 5.15. The number of nitrogens with zero attached hydrogens (tertiary/aromatic N) is 3. The topological polar surface area (TPSA) is 59.4 Å². The Morgan fingerprint density at radius 2 is 2.17 bits per heavy atom. The highest BCUT2D eigenvalue weighted by Gasteiger charge is 2.29. The summed E-state index contributed by atoms with van der Waals surface area (Å²) >= 11 is 0. The van der Waals surface area contributed by atoms with Crippen molar-refractivity contribution in [2.24, 2.45) is 0 Å². The van der Waals surface area contributed by atoms with Crippen molar-refractivity contribution in [2.75, 3.05) is 27.2 Å². The summed E-state index contributed by atoms with van der Waals surface area (Å²) in [5.74, 6) is 0.911. The summed E-state index contributed by atoms with van der Waals surface area (Å²) in [6.45, 7) is 2.30. The van der Waals surface area contributed by atoms with Crippen LogP contribution in [-0.4, -0.2) is 53.9 Å². The average Bonchev–Trinajstić information content (AvgIpc) is 3.25. The van der Waals surface area contributed by atoms with Crippen LogP contribution >= 0.6 is 0 Å². The van der Waals surface area contributed by atoms with E-state index < -0.39 is 0 Å². The molecule has 1 fully saturated rings. The van der Waals surface area contributed by atoms with Gasteiger partial charge >= 0.3 is 0 Å². The van der Waals surface area contributed by atoms with E-state index in [0.717, 1.165) is 37.2 Å². The van der Waals surface area contributed by atoms with Crippen LogP contribution in [0.5, 0.6) is 5.75 Å². The largest absolute Gasteiger partial charge is 0.497 e. The minimum absolute atomic E-state index is 0.0775. The molecule has 1 aliphatic rings. The Bertz CT molecular complexity index is 681. The van der Waals surface area contributed by atoms with Crippen LogP contribution in [0.2, 0.25) is 0 Å². The smallest absolute Gasteiger partial charge is 0.257 e. The van der Waals surface area contributed by atoms with Gasteiger partial charge in [0.25, 0.3) is 5.91 Å². The Balaban J connectivity index is 1.67. The van der Waals surface area contributed by atoms with Crippen molar-refractivity contribution in [2.45, 2.75) is 25.4 Å². The van der Waals surface area contributed by atoms with E-state index in [4.69, 9.17) is 4.74 Å². The number of rotatable bonds is 6. The van der Waals surface area contributed by atoms with Gasteiger partial charge in [0.15, 0.2) is 0 Å². The maximum absolute atomic E-state index is 12.7. The van der Waals surface area contributed by atoms with Crippen molar-refractivity contribution in [3.8, 4) is 5.75 Å². The molecule has 1 aromatic heterocycles. The van der Waals surface area contributed by atoms with Gasteiger partial charge in [-0.1, -0.05) is 12.1 Å². The van der Waals surface area contributed by atoms with Crippen molar-refractivity contribution >= 4 is 5.91 Å². The summed E-state index contributed by atoms with van der Waals surface area (Å²) in [7, 11) is 3.58. The van der Waals surface area contributed by atoms with Gasteiger partial charge in [-0.15, -0.1) is 0 Å². The second kappa shape index (κ2) is 7.49. The van der Waals surface area contributed by atoms with Crippen molar-refractivity contribution < 1.29 is 9.53 Å². The molecule has 0 bridgehead atoms. The Hall–Kier alpha value is -2.34. The third-order valence-corrected chi connectivity index (χ3v) is 4.46. The highest BCUT2D eigenvalue weighted by molar-refractivity contribution is 5.94. The van der Waals surface area contributed by atoms with Crippen LogP contribution in [0.25, 0.3) is 0 Å². The monoisotopic (exact) mass is 328 g/mol. The highest BCUT2D eigenvalue weighted by atomic mass is 16.5. The van der Waals surface area contributed by atoms with E-state index in [1.54, 1.807) is 18.0 Å². The van der Waals surface area contributed by atoms with E-state index in [1.165, 1.54) is 0 Å². The minimum Gasteiger partial charge on any atom is -0.497 e. The fourth-order valence-corrected chi connectivity index (χ4v) is 3.20. The van der Waals surface area contributed by atoms with E-state index in [0.29, 0.717) is 12.1 Å². The molecule has 6 nitrogen and oxygen atoms in total. The van der Waals surface area contributed by atoms with E-state index >= 15 is 0 Å². The molecule has 0 saturated carbocycles. The number of amides is 1. The predicted octanol–water partition coefficient (Wildman–Crippen LogP) is 1.76. The molecule has 0 spiro atoms. The lowest BCUT2D eigenvalue weighted by Gasteiger charge is -2.23. The molecule has 1 amide bonds. The van der Waals surface area contributed by atoms with Crippen LogP contribution < -0.4 is 10.1 Å². The molecule has 24 heavy (non-hydrogen) atoms. The SMILES string of the molecule is CNC[C@H]1CCCN1C(=O)c1cnn(Cc2ccc(OC)cc2)c1. The standard InChI is InChI=1S/C18H24N4O2/c1-19-11-16-4-3-9-22(16)18(23)15-10-20-21(13-15)12-14-5-7-17(24-2)8-6-14/h5-8,10,13,16,19H,3-4,9,11-12H2,1-2H3/t16-/m1/s1. The molecule has 1 aliphatic heterocycles. The number of aromatic nitrogens is 2. The van der Waals surface area contributed by atoms with E-state index in [-0.39, 0.29) is 11.9 Å². The summed E-state index contributed by atoms with van der Waals surface area (Å²) in [5, 5.41) is 7.51. The molecular formula is C18H24N4O2. The first-order valence-corrected chi connectivity index (χ1v) is 8.32. The van der Waals surface area contributed by atoms with E-state index in [2.05, 4.69) is 10.4 Å². The molecule has 128 valence electrons. The molecular weight excluding hydrogens is 304 g/mol. The molecule has 1 atom stereocenters. The van der Waals surface area contributed by atoms with Gasteiger partial charge in [0.05, 0.1) is 25.4 Å². The molecule has 1 N–H and O–H groups in total. The van der Waals surface area contributed by atoms with E-state index in [1.807, 2.05) is 42.4 Å². The molecule has 0 radical (unpaired) electrons. The van der Waals surface area contributed by atoms with Gasteiger partial charge in [0.2, 0.25) is 0 Å². The number of methoxy groups -OCH3 is 1. The first-order valence-electron chi connectivity index (χ1n) is 8.32. The average molecular weight is 328 g/mol. The zero-order chi connectivity index (χ0) is 16.9. The predicted molar refractivity (Wildman–Crippen MR) is 92.3 cm³/mol. The Morgan fingerprint density at radius 3 is 2.88 bits per heavy atom. The summed E-state index contributed by atoms with van der Waals surface area (Å²) in [6.07, 6.45) is 5.63. The van der Waals surface area contributed by atoms with Crippen LogP contribution in [0.4, 0.5) is 0 Å². The van der Waals surface area contributed by atoms with Crippen molar-refractivity contribution in [1.29, 1.82) is 0 Å². The van der Waals surface area contributed by atoms with Gasteiger partial charge in [0, 0.05) is 25.3 Å². The maximum Gasteiger partial charge on any atom is 0.257 e. The minimum atomic E-state index is 0.0775. The van der Waals surface area contributed by atoms with Gasteiger partial charge in [0.1, 0.15) is 5.75 Å². The van der Waals surface area contributed by atoms with E-state index in [9.17, 15) is 4.79 Å². The fraction of sp³-hybridized carbons (Fsp3) is 0.444. The number of ether oxygens (including phenoxy) is 1. The number of hydrogen-bond donors (Lipinski definition) is 1. The number of nitrogens with one attached hydrogen (secondary N) is 1. The lowest BCUT2D eigenvalue weighted by atomic mass is 10.2. The summed E-state index contributed by atoms with van der Waals surface area (Å²) in [5.41, 5.74) is 1.78. The first-order chi connectivity index (χ1) is 11.7. The van der Waals surface area contributed by atoms with Crippen molar-refractivity contribution in [1.82, 2.24) is 20.0 Å². The normalized spacial score (nSPS) is 17.2. The third kappa shape index (κ3) is 3.59. The Morgan fingerprint density at radius 1 is 1.38 bits per heavy atom. The molecule has 0 unspecified atom stereocenters. The quantitative estimate of drug-likeness (QED) is 0.878. The van der Waals surface area contributed by atoms with Crippen molar-refractivity contribution in [3.05, 3.63) is 47.8 Å². The zero-order valence-electron chi connectivity index (χ0n) is 14.2. The fourth-order valence-electron chi connectivity index (χ4n) is 3.20. The van der Waals surface area contributed by atoms with Crippen LogP contribution in [0.15, 0.2) is 36.7 Å². The maximum atomic E-state index is 12.7. The molecule has 3 rings (SSSR count). The molecule has 2 aromatic rings. The molecule has 1 aromatic carbocycles. The lowest BCUT2D eigenvalue weighted by Crippen LogP contribution is -2.40. The molecule has 1 saturated heterocycles. The van der Waals surface area contributed by atoms with Gasteiger partial charge in [-0.25, -0.2) is 0 Å². The summed E-state index contributed by atoms with van der Waals surface area (Å²) < 4.78 is 6.97. The molecule has 6 heteroatoms. The second-order valence-electron chi connectivity index (χ2n) is 6.13. The number of carbonyl (C=O) groups is 1. The van der Waals surface area contributed by atoms with Crippen LogP contribution in [0.3, 0.4) is 0 Å². The lowest BCUT2D eigenvalue weighted by molar-refractivity contribution is 0.0737. The van der Waals surface area contributed by atoms with Gasteiger partial charge < -0.3 is 15.0 Å². The van der Waals surface area contributed by atoms with Crippen LogP contribution in [0, 0.1) is 0 Å². The highest BCUT2D eigenvalue weighted by Crippen LogP contribution is 2.20. The number of likely N-dealkylation sites (N-methyl/N-ethyl adjacent to an activating group) is 1. The van der Waals surface area contributed by atoms with Gasteiger partial charge in [-0.3, -0.25) is 9.48 Å². The number of hydrogen-bond acceptors (Lipinski definition) is 4. The number of likely N-dealkylation sites (tertiary alicyclic amines) is 1. The number of benzene rings is 1. The first kappa shape index (κ1) is 16.5. The summed E-state index contributed by atoms with van der Waals surface area (Å²) in [4.78, 5) is 14.7. The van der Waals surface area contributed by atoms with Gasteiger partial charge in [-0.05, 0) is 37.6 Å². The number of carbonyl (C=O) groups excluding carboxylic acids is 1. The van der Waals surface area contributed by atoms with Crippen LogP contribution in [0.1, 0.15) is 28.8 Å². The molecule has 2 heterocycles.